The van der Waals surface area contributed by atoms with Gasteiger partial charge in [-0.1, -0.05) is 65.8 Å². The minimum Gasteiger partial charge on any atom is -0.356 e. The van der Waals surface area contributed by atoms with E-state index in [-0.39, 0.29) is 5.56 Å². The molecule has 0 N–H and O–H groups in total. The van der Waals surface area contributed by atoms with Gasteiger partial charge in [-0.25, -0.2) is 4.98 Å². The third-order valence-electron chi connectivity index (χ3n) is 4.51. The molecular weight excluding hydrogens is 370 g/mol. The number of benzene rings is 2. The van der Waals surface area contributed by atoms with Gasteiger partial charge >= 0.3 is 0 Å². The predicted octanol–water partition coefficient (Wildman–Crippen LogP) is 4.83. The highest BCUT2D eigenvalue weighted by atomic mass is 32.1. The standard InChI is InChI=1S/C22H15N3O2S/c26-22-21-18(12-20(28-21)16-9-5-2-6-10-16)23-14-25(22)13-17-11-19(27-24-17)15-7-3-1-4-8-15/h1-12,14H,13H2. The van der Waals surface area contributed by atoms with E-state index in [1.165, 1.54) is 11.3 Å². The maximum atomic E-state index is 12.9. The molecule has 0 aliphatic rings. The van der Waals surface area contributed by atoms with Gasteiger partial charge in [0.1, 0.15) is 10.4 Å². The summed E-state index contributed by atoms with van der Waals surface area (Å²) < 4.78 is 7.65. The van der Waals surface area contributed by atoms with E-state index in [0.29, 0.717) is 22.7 Å². The molecule has 28 heavy (non-hydrogen) atoms. The quantitative estimate of drug-likeness (QED) is 0.445. The molecule has 5 nitrogen and oxygen atoms in total. The Balaban J connectivity index is 1.48. The van der Waals surface area contributed by atoms with Gasteiger partial charge in [-0.05, 0) is 11.6 Å². The van der Waals surface area contributed by atoms with Crippen molar-refractivity contribution in [2.75, 3.05) is 0 Å². The largest absolute Gasteiger partial charge is 0.356 e. The summed E-state index contributed by atoms with van der Waals surface area (Å²) in [7, 11) is 0. The van der Waals surface area contributed by atoms with E-state index in [1.807, 2.05) is 72.8 Å². The summed E-state index contributed by atoms with van der Waals surface area (Å²) in [6, 6.07) is 23.6. The lowest BCUT2D eigenvalue weighted by molar-refractivity contribution is 0.420. The molecule has 6 heteroatoms. The fourth-order valence-corrected chi connectivity index (χ4v) is 4.17. The molecule has 0 fully saturated rings. The molecule has 5 rings (SSSR count). The lowest BCUT2D eigenvalue weighted by Crippen LogP contribution is -2.20. The van der Waals surface area contributed by atoms with Crippen LogP contribution < -0.4 is 5.56 Å². The highest BCUT2D eigenvalue weighted by Gasteiger charge is 2.12. The topological polar surface area (TPSA) is 60.9 Å². The van der Waals surface area contributed by atoms with E-state index in [2.05, 4.69) is 10.1 Å². The first kappa shape index (κ1) is 16.6. The van der Waals surface area contributed by atoms with Crippen molar-refractivity contribution >= 4 is 21.6 Å². The first-order valence-electron chi connectivity index (χ1n) is 8.83. The highest BCUT2D eigenvalue weighted by Crippen LogP contribution is 2.30. The van der Waals surface area contributed by atoms with Crippen LogP contribution in [0.25, 0.3) is 32.0 Å². The van der Waals surface area contributed by atoms with Crippen LogP contribution in [0.4, 0.5) is 0 Å². The molecule has 0 atom stereocenters. The van der Waals surface area contributed by atoms with E-state index in [0.717, 1.165) is 21.5 Å². The van der Waals surface area contributed by atoms with Crippen molar-refractivity contribution in [2.45, 2.75) is 6.54 Å². The summed E-state index contributed by atoms with van der Waals surface area (Å²) in [5, 5.41) is 4.10. The van der Waals surface area contributed by atoms with Crippen molar-refractivity contribution in [1.29, 1.82) is 0 Å². The Labute approximate surface area is 164 Å². The van der Waals surface area contributed by atoms with Crippen molar-refractivity contribution < 1.29 is 4.52 Å². The summed E-state index contributed by atoms with van der Waals surface area (Å²) in [5.74, 6) is 0.681. The molecule has 136 valence electrons. The van der Waals surface area contributed by atoms with E-state index in [1.54, 1.807) is 10.9 Å². The average molecular weight is 385 g/mol. The van der Waals surface area contributed by atoms with E-state index >= 15 is 0 Å². The van der Waals surface area contributed by atoms with E-state index in [4.69, 9.17) is 4.52 Å². The van der Waals surface area contributed by atoms with E-state index in [9.17, 15) is 4.79 Å². The van der Waals surface area contributed by atoms with Crippen LogP contribution in [0.1, 0.15) is 5.69 Å². The fourth-order valence-electron chi connectivity index (χ4n) is 3.10. The minimum atomic E-state index is -0.0681. The van der Waals surface area contributed by atoms with Crippen LogP contribution >= 0.6 is 11.3 Å². The molecule has 0 saturated heterocycles. The summed E-state index contributed by atoms with van der Waals surface area (Å²) in [5.41, 5.74) is 3.37. The second-order valence-corrected chi connectivity index (χ2v) is 7.47. The van der Waals surface area contributed by atoms with Gasteiger partial charge in [0.2, 0.25) is 0 Å². The minimum absolute atomic E-state index is 0.0681. The van der Waals surface area contributed by atoms with Crippen LogP contribution in [0.15, 0.2) is 88.4 Å². The van der Waals surface area contributed by atoms with Gasteiger partial charge < -0.3 is 4.52 Å². The Morgan fingerprint density at radius 3 is 2.39 bits per heavy atom. The van der Waals surface area contributed by atoms with Crippen LogP contribution in [-0.4, -0.2) is 14.7 Å². The Kier molecular flexibility index (Phi) is 4.10. The number of hydrogen-bond acceptors (Lipinski definition) is 5. The van der Waals surface area contributed by atoms with Gasteiger partial charge in [0, 0.05) is 16.5 Å². The normalized spacial score (nSPS) is 11.1. The number of fused-ring (bicyclic) bond motifs is 1. The van der Waals surface area contributed by atoms with Crippen molar-refractivity contribution in [1.82, 2.24) is 14.7 Å². The number of rotatable bonds is 4. The van der Waals surface area contributed by atoms with Crippen LogP contribution in [0.2, 0.25) is 0 Å². The molecular formula is C22H15N3O2S. The Morgan fingerprint density at radius 1 is 0.929 bits per heavy atom. The molecule has 3 heterocycles. The molecule has 0 radical (unpaired) electrons. The predicted molar refractivity (Wildman–Crippen MR) is 110 cm³/mol. The summed E-state index contributed by atoms with van der Waals surface area (Å²) in [4.78, 5) is 18.4. The smallest absolute Gasteiger partial charge is 0.271 e. The van der Waals surface area contributed by atoms with Gasteiger partial charge in [-0.2, -0.15) is 0 Å². The second-order valence-electron chi connectivity index (χ2n) is 6.42. The highest BCUT2D eigenvalue weighted by molar-refractivity contribution is 7.22. The van der Waals surface area contributed by atoms with Crippen LogP contribution in [0, 0.1) is 0 Å². The van der Waals surface area contributed by atoms with Gasteiger partial charge in [0.05, 0.1) is 18.4 Å². The summed E-state index contributed by atoms with van der Waals surface area (Å²) >= 11 is 1.46. The lowest BCUT2D eigenvalue weighted by Gasteiger charge is -2.01. The average Bonchev–Trinajstić information content (AvgIpc) is 3.39. The number of thiophene rings is 1. The summed E-state index contributed by atoms with van der Waals surface area (Å²) in [6.45, 7) is 0.316. The Morgan fingerprint density at radius 2 is 1.64 bits per heavy atom. The zero-order valence-electron chi connectivity index (χ0n) is 14.8. The molecule has 0 bridgehead atoms. The molecule has 0 spiro atoms. The fraction of sp³-hybridized carbons (Fsp3) is 0.0455. The maximum absolute atomic E-state index is 12.9. The second kappa shape index (κ2) is 6.90. The molecule has 0 aliphatic heterocycles. The first-order chi connectivity index (χ1) is 13.8. The Hall–Kier alpha value is -3.51. The molecule has 5 aromatic rings. The first-order valence-corrected chi connectivity index (χ1v) is 9.65. The molecule has 0 amide bonds. The van der Waals surface area contributed by atoms with Gasteiger partial charge in [0.25, 0.3) is 5.56 Å². The molecule has 0 saturated carbocycles. The monoisotopic (exact) mass is 385 g/mol. The molecule has 2 aromatic carbocycles. The molecule has 3 aromatic heterocycles. The van der Waals surface area contributed by atoms with E-state index < -0.39 is 0 Å². The van der Waals surface area contributed by atoms with Gasteiger partial charge in [0.15, 0.2) is 5.76 Å². The zero-order chi connectivity index (χ0) is 18.9. The van der Waals surface area contributed by atoms with Crippen molar-refractivity contribution in [2.24, 2.45) is 0 Å². The van der Waals surface area contributed by atoms with Crippen LogP contribution in [0.3, 0.4) is 0 Å². The van der Waals surface area contributed by atoms with Gasteiger partial charge in [-0.3, -0.25) is 9.36 Å². The van der Waals surface area contributed by atoms with Crippen LogP contribution in [-0.2, 0) is 6.54 Å². The Bertz CT molecular complexity index is 1300. The van der Waals surface area contributed by atoms with Crippen molar-refractivity contribution in [3.63, 3.8) is 0 Å². The SMILES string of the molecule is O=c1c2sc(-c3ccccc3)cc2ncn1Cc1cc(-c2ccccc2)on1. The number of hydrogen-bond donors (Lipinski definition) is 0. The summed E-state index contributed by atoms with van der Waals surface area (Å²) in [6.07, 6.45) is 1.57. The molecule has 0 aliphatic carbocycles. The number of nitrogens with zero attached hydrogens (tertiary/aromatic N) is 3. The van der Waals surface area contributed by atoms with Crippen LogP contribution in [0.5, 0.6) is 0 Å². The van der Waals surface area contributed by atoms with Crippen molar-refractivity contribution in [3.05, 3.63) is 95.2 Å². The third kappa shape index (κ3) is 3.04. The maximum Gasteiger partial charge on any atom is 0.271 e. The lowest BCUT2D eigenvalue weighted by atomic mass is 10.2. The van der Waals surface area contributed by atoms with Crippen molar-refractivity contribution in [3.8, 4) is 21.8 Å². The third-order valence-corrected chi connectivity index (χ3v) is 5.67. The zero-order valence-corrected chi connectivity index (χ0v) is 15.6. The van der Waals surface area contributed by atoms with Gasteiger partial charge in [-0.15, -0.1) is 11.3 Å². The number of aromatic nitrogens is 3. The molecule has 0 unspecified atom stereocenters.